The van der Waals surface area contributed by atoms with Gasteiger partial charge in [0.05, 0.1) is 18.8 Å². The maximum atomic E-state index is 11.7. The van der Waals surface area contributed by atoms with Crippen LogP contribution in [0.3, 0.4) is 0 Å². The van der Waals surface area contributed by atoms with Crippen LogP contribution < -0.4 is 15.0 Å². The molecule has 1 aliphatic rings. The van der Waals surface area contributed by atoms with Crippen LogP contribution in [0.4, 0.5) is 0 Å². The van der Waals surface area contributed by atoms with Crippen LogP contribution in [-0.4, -0.2) is 29.4 Å². The van der Waals surface area contributed by atoms with E-state index >= 15 is 0 Å². The second-order valence-electron chi connectivity index (χ2n) is 7.04. The highest BCUT2D eigenvalue weighted by molar-refractivity contribution is 5.64. The van der Waals surface area contributed by atoms with E-state index in [9.17, 15) is 4.79 Å². The van der Waals surface area contributed by atoms with E-state index < -0.39 is 0 Å². The lowest BCUT2D eigenvalue weighted by Crippen LogP contribution is -2.23. The first-order valence-corrected chi connectivity index (χ1v) is 9.75. The van der Waals surface area contributed by atoms with Gasteiger partial charge in [0, 0.05) is 13.2 Å². The number of methoxy groups -OCH3 is 1. The molecule has 6 heteroatoms. The molecule has 29 heavy (non-hydrogen) atoms. The Labute approximate surface area is 169 Å². The van der Waals surface area contributed by atoms with Crippen molar-refractivity contribution in [3.8, 4) is 22.9 Å². The van der Waals surface area contributed by atoms with Gasteiger partial charge in [0.1, 0.15) is 12.4 Å². The SMILES string of the molecule is CCc1ccc(-c2ccc(OC[C@@H]3Cn4c(COC)cc(=O)nc4O3)cc2)cc1. The molecule has 150 valence electrons. The molecule has 0 spiro atoms. The summed E-state index contributed by atoms with van der Waals surface area (Å²) in [7, 11) is 1.59. The first-order valence-electron chi connectivity index (χ1n) is 9.75. The van der Waals surface area contributed by atoms with Crippen molar-refractivity contribution in [2.75, 3.05) is 13.7 Å². The molecule has 4 rings (SSSR count). The van der Waals surface area contributed by atoms with E-state index in [0.717, 1.165) is 23.4 Å². The predicted molar refractivity (Wildman–Crippen MR) is 110 cm³/mol. The Hall–Kier alpha value is -3.12. The third kappa shape index (κ3) is 4.32. The maximum absolute atomic E-state index is 11.7. The van der Waals surface area contributed by atoms with Crippen LogP contribution in [0.2, 0.25) is 0 Å². The highest BCUT2D eigenvalue weighted by Gasteiger charge is 2.26. The van der Waals surface area contributed by atoms with E-state index in [0.29, 0.717) is 25.8 Å². The van der Waals surface area contributed by atoms with Gasteiger partial charge in [-0.2, -0.15) is 4.98 Å². The van der Waals surface area contributed by atoms with Crippen LogP contribution in [0.5, 0.6) is 11.8 Å². The van der Waals surface area contributed by atoms with E-state index in [1.807, 2.05) is 16.7 Å². The molecule has 2 heterocycles. The van der Waals surface area contributed by atoms with Crippen molar-refractivity contribution in [1.82, 2.24) is 9.55 Å². The van der Waals surface area contributed by atoms with Gasteiger partial charge in [0.25, 0.3) is 5.56 Å². The molecule has 0 unspecified atom stereocenters. The van der Waals surface area contributed by atoms with Gasteiger partial charge < -0.3 is 14.2 Å². The molecule has 1 aliphatic heterocycles. The molecule has 0 N–H and O–H groups in total. The van der Waals surface area contributed by atoms with Gasteiger partial charge in [-0.3, -0.25) is 9.36 Å². The summed E-state index contributed by atoms with van der Waals surface area (Å²) in [6.45, 7) is 3.43. The first-order chi connectivity index (χ1) is 14.2. The molecule has 0 aliphatic carbocycles. The standard InChI is InChI=1S/C23H24N2O4/c1-3-16-4-6-17(7-5-16)18-8-10-20(11-9-18)28-15-21-13-25-19(14-27-2)12-22(26)24-23(25)29-21/h4-12,21H,3,13-15H2,1-2H3/t21-/m0/s1. The number of nitrogens with zero attached hydrogens (tertiary/aromatic N) is 2. The molecule has 0 radical (unpaired) electrons. The fourth-order valence-corrected chi connectivity index (χ4v) is 3.43. The fraction of sp³-hybridized carbons (Fsp3) is 0.304. The number of ether oxygens (including phenoxy) is 3. The number of hydrogen-bond acceptors (Lipinski definition) is 5. The Morgan fingerprint density at radius 2 is 1.79 bits per heavy atom. The van der Waals surface area contributed by atoms with E-state index in [1.54, 1.807) is 7.11 Å². The lowest BCUT2D eigenvalue weighted by atomic mass is 10.0. The summed E-state index contributed by atoms with van der Waals surface area (Å²) in [4.78, 5) is 15.6. The fourth-order valence-electron chi connectivity index (χ4n) is 3.43. The van der Waals surface area contributed by atoms with Crippen LogP contribution >= 0.6 is 0 Å². The third-order valence-corrected chi connectivity index (χ3v) is 5.01. The van der Waals surface area contributed by atoms with Gasteiger partial charge in [0.15, 0.2) is 6.10 Å². The molecule has 1 atom stereocenters. The Balaban J connectivity index is 1.38. The van der Waals surface area contributed by atoms with Crippen LogP contribution in [0.15, 0.2) is 59.4 Å². The van der Waals surface area contributed by atoms with Gasteiger partial charge in [-0.05, 0) is 35.2 Å². The molecule has 0 amide bonds. The highest BCUT2D eigenvalue weighted by Crippen LogP contribution is 2.24. The average Bonchev–Trinajstić information content (AvgIpc) is 3.16. The molecule has 0 saturated heterocycles. The Kier molecular flexibility index (Phi) is 5.62. The number of benzene rings is 2. The van der Waals surface area contributed by atoms with Gasteiger partial charge in [0.2, 0.25) is 0 Å². The molecule has 0 saturated carbocycles. The minimum absolute atomic E-state index is 0.207. The second-order valence-corrected chi connectivity index (χ2v) is 7.04. The van der Waals surface area contributed by atoms with Crippen molar-refractivity contribution >= 4 is 0 Å². The summed E-state index contributed by atoms with van der Waals surface area (Å²) in [6.07, 6.45) is 0.832. The van der Waals surface area contributed by atoms with Crippen molar-refractivity contribution in [2.24, 2.45) is 0 Å². The van der Waals surface area contributed by atoms with Crippen LogP contribution in [0, 0.1) is 0 Å². The van der Waals surface area contributed by atoms with Gasteiger partial charge >= 0.3 is 6.01 Å². The van der Waals surface area contributed by atoms with Gasteiger partial charge in [-0.25, -0.2) is 0 Å². The van der Waals surface area contributed by atoms with Crippen LogP contribution in [0.1, 0.15) is 18.2 Å². The number of hydrogen-bond donors (Lipinski definition) is 0. The van der Waals surface area contributed by atoms with Crippen molar-refractivity contribution in [3.63, 3.8) is 0 Å². The van der Waals surface area contributed by atoms with Gasteiger partial charge in [-0.1, -0.05) is 43.3 Å². The minimum Gasteiger partial charge on any atom is -0.490 e. The molecule has 3 aromatic rings. The Morgan fingerprint density at radius 3 is 2.45 bits per heavy atom. The molecular formula is C23H24N2O4. The van der Waals surface area contributed by atoms with E-state index in [4.69, 9.17) is 14.2 Å². The Morgan fingerprint density at radius 1 is 1.10 bits per heavy atom. The molecular weight excluding hydrogens is 368 g/mol. The van der Waals surface area contributed by atoms with E-state index in [1.165, 1.54) is 17.2 Å². The lowest BCUT2D eigenvalue weighted by molar-refractivity contribution is 0.143. The summed E-state index contributed by atoms with van der Waals surface area (Å²) in [5, 5.41) is 0. The van der Waals surface area contributed by atoms with Gasteiger partial charge in [-0.15, -0.1) is 0 Å². The minimum atomic E-state index is -0.326. The first kappa shape index (κ1) is 19.2. The summed E-state index contributed by atoms with van der Waals surface area (Å²) < 4.78 is 18.7. The number of fused-ring (bicyclic) bond motifs is 1. The number of aromatic nitrogens is 2. The molecule has 2 aromatic carbocycles. The zero-order valence-corrected chi connectivity index (χ0v) is 16.6. The zero-order valence-electron chi connectivity index (χ0n) is 16.6. The summed E-state index contributed by atoms with van der Waals surface area (Å²) in [5.74, 6) is 0.776. The largest absolute Gasteiger partial charge is 0.490 e. The number of aryl methyl sites for hydroxylation is 1. The third-order valence-electron chi connectivity index (χ3n) is 5.01. The van der Waals surface area contributed by atoms with Crippen molar-refractivity contribution in [2.45, 2.75) is 32.6 Å². The molecule has 0 bridgehead atoms. The second kappa shape index (κ2) is 8.49. The van der Waals surface area contributed by atoms with Crippen molar-refractivity contribution in [3.05, 3.63) is 76.2 Å². The van der Waals surface area contributed by atoms with E-state index in [2.05, 4.69) is 48.3 Å². The van der Waals surface area contributed by atoms with E-state index in [-0.39, 0.29) is 11.7 Å². The molecule has 1 aromatic heterocycles. The Bertz CT molecular complexity index is 1030. The van der Waals surface area contributed by atoms with Crippen LogP contribution in [0.25, 0.3) is 11.1 Å². The van der Waals surface area contributed by atoms with Crippen molar-refractivity contribution < 1.29 is 14.2 Å². The smallest absolute Gasteiger partial charge is 0.300 e. The predicted octanol–water partition coefficient (Wildman–Crippen LogP) is 3.46. The number of rotatable bonds is 7. The summed E-state index contributed by atoms with van der Waals surface area (Å²) in [6, 6.07) is 18.4. The summed E-state index contributed by atoms with van der Waals surface area (Å²) >= 11 is 0. The lowest BCUT2D eigenvalue weighted by Gasteiger charge is -2.12. The topological polar surface area (TPSA) is 62.6 Å². The normalized spacial score (nSPS) is 15.0. The quantitative estimate of drug-likeness (QED) is 0.616. The highest BCUT2D eigenvalue weighted by atomic mass is 16.6. The monoisotopic (exact) mass is 392 g/mol. The molecule has 0 fully saturated rings. The zero-order chi connectivity index (χ0) is 20.2. The maximum Gasteiger partial charge on any atom is 0.300 e. The summed E-state index contributed by atoms with van der Waals surface area (Å²) in [5.41, 5.74) is 4.09. The van der Waals surface area contributed by atoms with Crippen molar-refractivity contribution in [1.29, 1.82) is 0 Å². The molecule has 6 nitrogen and oxygen atoms in total. The van der Waals surface area contributed by atoms with Crippen LogP contribution in [-0.2, 0) is 24.3 Å². The average molecular weight is 392 g/mol.